The number of carbonyl (C=O) groups excluding carboxylic acids is 2. The number of carbonyl (C=O) groups is 2. The highest BCUT2D eigenvalue weighted by molar-refractivity contribution is 6.74. The van der Waals surface area contributed by atoms with Crippen molar-refractivity contribution in [1.29, 1.82) is 0 Å². The minimum Gasteiger partial charge on any atom is -0.414 e. The van der Waals surface area contributed by atoms with Crippen molar-refractivity contribution in [3.63, 3.8) is 0 Å². The molecule has 2 amide bonds. The van der Waals surface area contributed by atoms with E-state index in [0.717, 1.165) is 4.57 Å². The molecule has 1 aromatic carbocycles. The molecule has 45 heavy (non-hydrogen) atoms. The van der Waals surface area contributed by atoms with Gasteiger partial charge in [0.1, 0.15) is 19.1 Å². The summed E-state index contributed by atoms with van der Waals surface area (Å²) in [6.07, 6.45) is -5.96. The molecule has 3 atom stereocenters. The van der Waals surface area contributed by atoms with Gasteiger partial charge in [0.05, 0.1) is 24.8 Å². The number of hydrogen-bond acceptors (Lipinski definition) is 8. The van der Waals surface area contributed by atoms with Crippen molar-refractivity contribution in [2.45, 2.75) is 69.9 Å². The van der Waals surface area contributed by atoms with Crippen molar-refractivity contribution in [2.24, 2.45) is 5.11 Å². The Labute approximate surface area is 258 Å². The van der Waals surface area contributed by atoms with Crippen LogP contribution in [-0.2, 0) is 18.7 Å². The summed E-state index contributed by atoms with van der Waals surface area (Å²) in [5, 5.41) is 7.45. The summed E-state index contributed by atoms with van der Waals surface area (Å²) in [5.74, 6) is 1.92. The number of aromatic nitrogens is 2. The van der Waals surface area contributed by atoms with Crippen LogP contribution in [0.1, 0.15) is 49.3 Å². The molecule has 2 aromatic rings. The molecule has 1 saturated heterocycles. The highest BCUT2D eigenvalue weighted by Crippen LogP contribution is 2.38. The fourth-order valence-corrected chi connectivity index (χ4v) is 4.87. The van der Waals surface area contributed by atoms with E-state index >= 15 is 0 Å². The normalized spacial score (nSPS) is 18.4. The molecule has 3 rings (SSSR count). The van der Waals surface area contributed by atoms with E-state index in [1.165, 1.54) is 18.3 Å². The molecule has 0 bridgehead atoms. The van der Waals surface area contributed by atoms with E-state index in [1.54, 1.807) is 23.5 Å². The lowest BCUT2D eigenvalue weighted by atomic mass is 10.2. The van der Waals surface area contributed by atoms with Crippen molar-refractivity contribution < 1.29 is 36.7 Å². The highest BCUT2D eigenvalue weighted by Gasteiger charge is 2.42. The monoisotopic (exact) mass is 649 g/mol. The number of nitrogens with zero attached hydrogens (tertiary/aromatic N) is 5. The number of amides is 2. The second-order valence-electron chi connectivity index (χ2n) is 11.5. The van der Waals surface area contributed by atoms with E-state index in [0.29, 0.717) is 0 Å². The predicted octanol–water partition coefficient (Wildman–Crippen LogP) is 4.49. The maximum Gasteiger partial charge on any atom is 0.471 e. The van der Waals surface area contributed by atoms with Crippen LogP contribution in [0.3, 0.4) is 0 Å². The van der Waals surface area contributed by atoms with E-state index in [1.807, 2.05) is 0 Å². The zero-order chi connectivity index (χ0) is 33.4. The van der Waals surface area contributed by atoms with Gasteiger partial charge in [0.15, 0.2) is 14.1 Å². The SMILES string of the molecule is CC(C)(C)[Si](C)(C)OCC1OC(n2cc(C#CCNC(=O)C(F)(F)F)c(NC(=O)c3ccccc3)nc2=O)CC1OCN=[N+]=[N-]. The van der Waals surface area contributed by atoms with E-state index in [9.17, 15) is 27.6 Å². The van der Waals surface area contributed by atoms with Gasteiger partial charge < -0.3 is 24.5 Å². The van der Waals surface area contributed by atoms with Crippen LogP contribution in [0.5, 0.6) is 0 Å². The van der Waals surface area contributed by atoms with Crippen molar-refractivity contribution in [1.82, 2.24) is 14.9 Å². The molecule has 1 fully saturated rings. The number of anilines is 1. The maximum absolute atomic E-state index is 13.2. The molecule has 1 aliphatic rings. The third-order valence-corrected chi connectivity index (χ3v) is 11.9. The van der Waals surface area contributed by atoms with Gasteiger partial charge in [-0.05, 0) is 35.8 Å². The molecule has 0 aliphatic carbocycles. The predicted molar refractivity (Wildman–Crippen MR) is 159 cm³/mol. The standard InChI is InChI=1S/C28H34F3N7O6Si/c1-27(2,3)45(4,5)43-16-21-20(42-17-34-37-32)14-22(44-21)38-15-19(12-9-13-33-25(40)28(29,30)31)23(36-26(38)41)35-24(39)18-10-7-6-8-11-18/h6-8,10-11,15,20-22H,13-14,16-17H2,1-5H3,(H,33,40)(H,35,36,39,41). The van der Waals surface area contributed by atoms with Crippen molar-refractivity contribution in [3.05, 3.63) is 68.6 Å². The summed E-state index contributed by atoms with van der Waals surface area (Å²) in [4.78, 5) is 43.8. The largest absolute Gasteiger partial charge is 0.471 e. The zero-order valence-corrected chi connectivity index (χ0v) is 26.3. The van der Waals surface area contributed by atoms with Gasteiger partial charge in [0.2, 0.25) is 0 Å². The van der Waals surface area contributed by atoms with E-state index < -0.39 is 57.0 Å². The molecule has 242 valence electrons. The molecule has 2 heterocycles. The quantitative estimate of drug-likeness (QED) is 0.126. The number of hydrogen-bond donors (Lipinski definition) is 2. The van der Waals surface area contributed by atoms with Crippen LogP contribution < -0.4 is 16.3 Å². The summed E-state index contributed by atoms with van der Waals surface area (Å²) < 4.78 is 57.0. The molecule has 3 unspecified atom stereocenters. The van der Waals surface area contributed by atoms with Crippen LogP contribution >= 0.6 is 0 Å². The van der Waals surface area contributed by atoms with E-state index in [4.69, 9.17) is 19.4 Å². The first-order valence-electron chi connectivity index (χ1n) is 13.8. The zero-order valence-electron chi connectivity index (χ0n) is 25.3. The van der Waals surface area contributed by atoms with Gasteiger partial charge in [-0.25, -0.2) is 4.79 Å². The van der Waals surface area contributed by atoms with Gasteiger partial charge in [-0.15, -0.1) is 0 Å². The Morgan fingerprint density at radius 3 is 2.56 bits per heavy atom. The Kier molecular flexibility index (Phi) is 11.5. The summed E-state index contributed by atoms with van der Waals surface area (Å²) in [6, 6.07) is 8.03. The van der Waals surface area contributed by atoms with Crippen LogP contribution in [0, 0.1) is 11.8 Å². The maximum atomic E-state index is 13.2. The number of benzene rings is 1. The highest BCUT2D eigenvalue weighted by atomic mass is 28.4. The van der Waals surface area contributed by atoms with Crippen LogP contribution in [-0.4, -0.2) is 67.9 Å². The number of rotatable bonds is 10. The van der Waals surface area contributed by atoms with E-state index in [-0.39, 0.29) is 41.7 Å². The minimum atomic E-state index is -5.09. The van der Waals surface area contributed by atoms with Gasteiger partial charge in [-0.3, -0.25) is 14.2 Å². The number of azide groups is 1. The summed E-state index contributed by atoms with van der Waals surface area (Å²) >= 11 is 0. The number of alkyl halides is 3. The van der Waals surface area contributed by atoms with Crippen molar-refractivity contribution in [3.8, 4) is 11.8 Å². The second-order valence-corrected chi connectivity index (χ2v) is 16.3. The molecule has 1 aliphatic heterocycles. The Balaban J connectivity index is 1.93. The Morgan fingerprint density at radius 1 is 1.24 bits per heavy atom. The Bertz CT molecular complexity index is 1540. The average Bonchev–Trinajstić information content (AvgIpc) is 3.37. The van der Waals surface area contributed by atoms with Crippen LogP contribution in [0.15, 0.2) is 46.4 Å². The number of ether oxygens (including phenoxy) is 2. The molecule has 2 N–H and O–H groups in total. The fourth-order valence-electron chi connectivity index (χ4n) is 3.85. The summed E-state index contributed by atoms with van der Waals surface area (Å²) in [6.45, 7) is 9.53. The molecule has 0 spiro atoms. The molecular formula is C28H34F3N7O6Si. The molecule has 17 heteroatoms. The van der Waals surface area contributed by atoms with Crippen molar-refractivity contribution in [2.75, 3.05) is 25.2 Å². The average molecular weight is 650 g/mol. The van der Waals surface area contributed by atoms with Crippen LogP contribution in [0.25, 0.3) is 10.4 Å². The summed E-state index contributed by atoms with van der Waals surface area (Å²) in [5.41, 5.74) is 8.08. The lowest BCUT2D eigenvalue weighted by molar-refractivity contribution is -0.173. The number of halogens is 3. The minimum absolute atomic E-state index is 0.0312. The van der Waals surface area contributed by atoms with Gasteiger partial charge in [0, 0.05) is 23.1 Å². The first kappa shape index (κ1) is 35.3. The Hall–Kier alpha value is -4.20. The van der Waals surface area contributed by atoms with Gasteiger partial charge >= 0.3 is 17.8 Å². The smallest absolute Gasteiger partial charge is 0.414 e. The van der Waals surface area contributed by atoms with Crippen molar-refractivity contribution >= 4 is 25.9 Å². The molecule has 0 radical (unpaired) electrons. The number of nitrogens with one attached hydrogen (secondary N) is 2. The fraction of sp³-hybridized carbons (Fsp3) is 0.500. The third kappa shape index (κ3) is 9.64. The second kappa shape index (κ2) is 14.7. The topological polar surface area (TPSA) is 170 Å². The molecule has 13 nitrogen and oxygen atoms in total. The lowest BCUT2D eigenvalue weighted by Gasteiger charge is -2.37. The first-order chi connectivity index (χ1) is 21.0. The summed E-state index contributed by atoms with van der Waals surface area (Å²) in [7, 11) is -2.21. The molecule has 0 saturated carbocycles. The van der Waals surface area contributed by atoms with Gasteiger partial charge in [-0.2, -0.15) is 18.2 Å². The van der Waals surface area contributed by atoms with Crippen LogP contribution in [0.4, 0.5) is 19.0 Å². The first-order valence-corrected chi connectivity index (χ1v) is 16.7. The van der Waals surface area contributed by atoms with Gasteiger partial charge in [0.25, 0.3) is 5.91 Å². The molecular weight excluding hydrogens is 615 g/mol. The van der Waals surface area contributed by atoms with E-state index in [2.05, 4.69) is 66.0 Å². The molecule has 1 aromatic heterocycles. The van der Waals surface area contributed by atoms with Crippen LogP contribution in [0.2, 0.25) is 18.1 Å². The lowest BCUT2D eigenvalue weighted by Crippen LogP contribution is -2.44. The Morgan fingerprint density at radius 2 is 1.93 bits per heavy atom. The third-order valence-electron chi connectivity index (χ3n) is 7.35. The van der Waals surface area contributed by atoms with Gasteiger partial charge in [-0.1, -0.05) is 55.9 Å².